The van der Waals surface area contributed by atoms with Crippen LogP contribution in [-0.2, 0) is 17.8 Å². The van der Waals surface area contributed by atoms with Crippen molar-refractivity contribution in [2.75, 3.05) is 23.5 Å². The van der Waals surface area contributed by atoms with Crippen LogP contribution in [0.25, 0.3) is 5.69 Å². The number of rotatable bonds is 10. The number of ether oxygens (including phenoxy) is 1. The third kappa shape index (κ3) is 5.88. The van der Waals surface area contributed by atoms with Crippen molar-refractivity contribution in [3.8, 4) is 11.4 Å². The Bertz CT molecular complexity index is 1240. The lowest BCUT2D eigenvalue weighted by Crippen LogP contribution is -2.14. The summed E-state index contributed by atoms with van der Waals surface area (Å²) in [7, 11) is 1.60. The van der Waals surface area contributed by atoms with Gasteiger partial charge in [0.2, 0.25) is 11.0 Å². The van der Waals surface area contributed by atoms with Gasteiger partial charge in [-0.05, 0) is 55.0 Å². The van der Waals surface area contributed by atoms with Crippen LogP contribution in [0.4, 0.5) is 15.2 Å². The van der Waals surface area contributed by atoms with Crippen LogP contribution in [0.5, 0.6) is 5.75 Å². The van der Waals surface area contributed by atoms with Gasteiger partial charge in [0.25, 0.3) is 0 Å². The zero-order chi connectivity index (χ0) is 23.9. The average molecular weight is 500 g/mol. The minimum absolute atomic E-state index is 0.126. The standard InChI is InChI=1S/C22H22FN7O2S2/c1-3-20-27-28-21(34-20)25-19(31)13-33-22-29-26-18(12-24-15-6-4-14(23)5-7-15)30(22)16-8-10-17(32-2)11-9-16/h4-11,24H,3,12-13H2,1-2H3,(H,25,28,31). The predicted molar refractivity (Wildman–Crippen MR) is 130 cm³/mol. The van der Waals surface area contributed by atoms with E-state index in [2.05, 4.69) is 31.0 Å². The van der Waals surface area contributed by atoms with E-state index in [0.29, 0.717) is 22.7 Å². The molecule has 0 fully saturated rings. The lowest BCUT2D eigenvalue weighted by atomic mass is 10.3. The fourth-order valence-electron chi connectivity index (χ4n) is 2.98. The summed E-state index contributed by atoms with van der Waals surface area (Å²) >= 11 is 2.62. The molecule has 0 spiro atoms. The molecule has 2 N–H and O–H groups in total. The fraction of sp³-hybridized carbons (Fsp3) is 0.227. The second-order valence-electron chi connectivity index (χ2n) is 6.98. The molecule has 0 aliphatic carbocycles. The molecule has 2 aromatic heterocycles. The monoisotopic (exact) mass is 499 g/mol. The van der Waals surface area contributed by atoms with E-state index >= 15 is 0 Å². The van der Waals surface area contributed by atoms with Gasteiger partial charge >= 0.3 is 0 Å². The van der Waals surface area contributed by atoms with E-state index in [1.807, 2.05) is 35.8 Å². The molecular formula is C22H22FN7O2S2. The van der Waals surface area contributed by atoms with Gasteiger partial charge in [0, 0.05) is 11.4 Å². The van der Waals surface area contributed by atoms with Gasteiger partial charge in [0.05, 0.1) is 19.4 Å². The lowest BCUT2D eigenvalue weighted by Gasteiger charge is -2.12. The van der Waals surface area contributed by atoms with E-state index in [1.165, 1.54) is 35.2 Å². The Labute approximate surface area is 203 Å². The molecule has 176 valence electrons. The number of nitrogens with zero attached hydrogens (tertiary/aromatic N) is 5. The molecule has 4 rings (SSSR count). The first-order chi connectivity index (χ1) is 16.6. The number of carbonyl (C=O) groups is 1. The summed E-state index contributed by atoms with van der Waals surface area (Å²) in [5.41, 5.74) is 1.57. The Hall–Kier alpha value is -3.51. The second-order valence-corrected chi connectivity index (χ2v) is 8.99. The first-order valence-electron chi connectivity index (χ1n) is 10.4. The van der Waals surface area contributed by atoms with Crippen LogP contribution in [0, 0.1) is 5.82 Å². The topological polar surface area (TPSA) is 107 Å². The summed E-state index contributed by atoms with van der Waals surface area (Å²) < 4.78 is 20.3. The normalized spacial score (nSPS) is 10.8. The van der Waals surface area contributed by atoms with Gasteiger partial charge in [-0.1, -0.05) is 30.0 Å². The molecule has 9 nitrogen and oxygen atoms in total. The van der Waals surface area contributed by atoms with Gasteiger partial charge in [-0.25, -0.2) is 4.39 Å². The number of amides is 1. The van der Waals surface area contributed by atoms with Gasteiger partial charge in [-0.3, -0.25) is 14.7 Å². The summed E-state index contributed by atoms with van der Waals surface area (Å²) in [5.74, 6) is 0.970. The Morgan fingerprint density at radius 3 is 2.53 bits per heavy atom. The Morgan fingerprint density at radius 1 is 1.09 bits per heavy atom. The van der Waals surface area contributed by atoms with Gasteiger partial charge in [0.15, 0.2) is 11.0 Å². The van der Waals surface area contributed by atoms with Crippen LogP contribution >= 0.6 is 23.1 Å². The number of halogens is 1. The second kappa shape index (κ2) is 11.1. The summed E-state index contributed by atoms with van der Waals surface area (Å²) in [4.78, 5) is 12.4. The number of hydrogen-bond acceptors (Lipinski definition) is 9. The molecule has 12 heteroatoms. The summed E-state index contributed by atoms with van der Waals surface area (Å²) in [6, 6.07) is 13.5. The number of aryl methyl sites for hydroxylation is 1. The Balaban J connectivity index is 1.50. The molecule has 0 radical (unpaired) electrons. The Morgan fingerprint density at radius 2 is 1.85 bits per heavy atom. The van der Waals surface area contributed by atoms with E-state index in [1.54, 1.807) is 19.2 Å². The predicted octanol–water partition coefficient (Wildman–Crippen LogP) is 4.17. The van der Waals surface area contributed by atoms with Gasteiger partial charge in [-0.2, -0.15) is 0 Å². The number of nitrogens with one attached hydrogen (secondary N) is 2. The highest BCUT2D eigenvalue weighted by Gasteiger charge is 2.17. The third-order valence-corrected chi connectivity index (χ3v) is 6.59. The van der Waals surface area contributed by atoms with Gasteiger partial charge < -0.3 is 10.1 Å². The van der Waals surface area contributed by atoms with Crippen molar-refractivity contribution in [1.82, 2.24) is 25.0 Å². The van der Waals surface area contributed by atoms with Crippen LogP contribution in [-0.4, -0.2) is 43.7 Å². The van der Waals surface area contributed by atoms with Crippen molar-refractivity contribution in [1.29, 1.82) is 0 Å². The van der Waals surface area contributed by atoms with Crippen LogP contribution < -0.4 is 15.4 Å². The largest absolute Gasteiger partial charge is 0.497 e. The quantitative estimate of drug-likeness (QED) is 0.313. The fourth-order valence-corrected chi connectivity index (χ4v) is 4.45. The SMILES string of the molecule is CCc1nnc(NC(=O)CSc2nnc(CNc3ccc(F)cc3)n2-c2ccc(OC)cc2)s1. The highest BCUT2D eigenvalue weighted by atomic mass is 32.2. The number of aromatic nitrogens is 5. The number of methoxy groups -OCH3 is 1. The molecule has 0 saturated carbocycles. The molecule has 2 aromatic carbocycles. The van der Waals surface area contributed by atoms with E-state index in [0.717, 1.165) is 28.6 Å². The maximum Gasteiger partial charge on any atom is 0.236 e. The van der Waals surface area contributed by atoms with Crippen molar-refractivity contribution in [3.63, 3.8) is 0 Å². The summed E-state index contributed by atoms with van der Waals surface area (Å²) in [6.45, 7) is 2.33. The molecule has 0 aliphatic rings. The Kier molecular flexibility index (Phi) is 7.70. The average Bonchev–Trinajstić information content (AvgIpc) is 3.49. The molecule has 0 unspecified atom stereocenters. The number of benzene rings is 2. The van der Waals surface area contributed by atoms with Crippen molar-refractivity contribution in [3.05, 3.63) is 65.2 Å². The highest BCUT2D eigenvalue weighted by molar-refractivity contribution is 7.99. The van der Waals surface area contributed by atoms with Crippen molar-refractivity contribution in [2.24, 2.45) is 0 Å². The molecule has 2 heterocycles. The maximum atomic E-state index is 13.2. The van der Waals surface area contributed by atoms with Crippen LogP contribution in [0.3, 0.4) is 0 Å². The van der Waals surface area contributed by atoms with E-state index in [-0.39, 0.29) is 17.5 Å². The molecule has 0 bridgehead atoms. The highest BCUT2D eigenvalue weighted by Crippen LogP contribution is 2.25. The number of anilines is 2. The summed E-state index contributed by atoms with van der Waals surface area (Å²) in [5, 5.41) is 24.5. The van der Waals surface area contributed by atoms with E-state index < -0.39 is 0 Å². The van der Waals surface area contributed by atoms with E-state index in [9.17, 15) is 9.18 Å². The van der Waals surface area contributed by atoms with E-state index in [4.69, 9.17) is 4.74 Å². The molecule has 0 aliphatic heterocycles. The maximum absolute atomic E-state index is 13.2. The zero-order valence-corrected chi connectivity index (χ0v) is 20.1. The molecule has 34 heavy (non-hydrogen) atoms. The van der Waals surface area contributed by atoms with Gasteiger partial charge in [-0.15, -0.1) is 20.4 Å². The number of carbonyl (C=O) groups excluding carboxylic acids is 1. The van der Waals surface area contributed by atoms with Crippen molar-refractivity contribution < 1.29 is 13.9 Å². The summed E-state index contributed by atoms with van der Waals surface area (Å²) in [6.07, 6.45) is 0.766. The van der Waals surface area contributed by atoms with Crippen molar-refractivity contribution in [2.45, 2.75) is 25.0 Å². The number of hydrogen-bond donors (Lipinski definition) is 2. The van der Waals surface area contributed by atoms with Crippen LogP contribution in [0.2, 0.25) is 0 Å². The minimum atomic E-state index is -0.302. The third-order valence-electron chi connectivity index (χ3n) is 4.67. The molecule has 0 atom stereocenters. The zero-order valence-electron chi connectivity index (χ0n) is 18.5. The first kappa shape index (κ1) is 23.6. The molecule has 0 saturated heterocycles. The minimum Gasteiger partial charge on any atom is -0.497 e. The number of thioether (sulfide) groups is 1. The van der Waals surface area contributed by atoms with Crippen molar-refractivity contribution >= 4 is 39.8 Å². The smallest absolute Gasteiger partial charge is 0.236 e. The molecule has 4 aromatic rings. The van der Waals surface area contributed by atoms with Gasteiger partial charge in [0.1, 0.15) is 16.6 Å². The first-order valence-corrected chi connectivity index (χ1v) is 12.2. The molecular weight excluding hydrogens is 477 g/mol. The van der Waals surface area contributed by atoms with Crippen LogP contribution in [0.15, 0.2) is 53.7 Å². The lowest BCUT2D eigenvalue weighted by molar-refractivity contribution is -0.113. The molecule has 1 amide bonds. The van der Waals surface area contributed by atoms with Crippen LogP contribution in [0.1, 0.15) is 17.8 Å².